The number of carbonyl (C=O) groups excluding carboxylic acids is 1. The number of aliphatic hydroxyl groups excluding tert-OH is 1. The van der Waals surface area contributed by atoms with E-state index in [1.165, 1.54) is 0 Å². The van der Waals surface area contributed by atoms with Crippen LogP contribution in [-0.4, -0.2) is 51.1 Å². The number of likely N-dealkylation sites (tertiary alicyclic amines) is 1. The molecule has 1 aromatic carbocycles. The van der Waals surface area contributed by atoms with Crippen LogP contribution in [0.5, 0.6) is 0 Å². The SMILES string of the molecule is N#CC1(c2ccncc2)CCN(Cc2cc(C(=O)NC3CCCCC3O)nc3ccccc23)CC1. The molecule has 5 rings (SSSR count). The summed E-state index contributed by atoms with van der Waals surface area (Å²) in [5.74, 6) is -0.234. The largest absolute Gasteiger partial charge is 0.391 e. The number of piperidine rings is 1. The fourth-order valence-electron chi connectivity index (χ4n) is 5.49. The minimum Gasteiger partial charge on any atom is -0.391 e. The maximum Gasteiger partial charge on any atom is 0.270 e. The first-order valence-electron chi connectivity index (χ1n) is 12.5. The normalized spacial score (nSPS) is 22.4. The van der Waals surface area contributed by atoms with Gasteiger partial charge in [-0.2, -0.15) is 5.26 Å². The van der Waals surface area contributed by atoms with Crippen LogP contribution < -0.4 is 5.32 Å². The molecule has 2 unspecified atom stereocenters. The number of nitrogens with zero attached hydrogens (tertiary/aromatic N) is 4. The van der Waals surface area contributed by atoms with Crippen LogP contribution in [0.25, 0.3) is 10.9 Å². The summed E-state index contributed by atoms with van der Waals surface area (Å²) in [4.78, 5) is 24.2. The smallest absolute Gasteiger partial charge is 0.270 e. The highest BCUT2D eigenvalue weighted by Crippen LogP contribution is 2.35. The number of aliphatic hydroxyl groups is 1. The summed E-state index contributed by atoms with van der Waals surface area (Å²) in [6.45, 7) is 2.28. The van der Waals surface area contributed by atoms with E-state index in [0.717, 1.165) is 73.6 Å². The fourth-order valence-corrected chi connectivity index (χ4v) is 5.49. The van der Waals surface area contributed by atoms with E-state index in [2.05, 4.69) is 26.3 Å². The van der Waals surface area contributed by atoms with E-state index in [4.69, 9.17) is 0 Å². The third-order valence-electron chi connectivity index (χ3n) is 7.63. The van der Waals surface area contributed by atoms with Crippen molar-refractivity contribution in [2.75, 3.05) is 13.1 Å². The second-order valence-electron chi connectivity index (χ2n) is 9.82. The zero-order chi connectivity index (χ0) is 24.3. The second-order valence-corrected chi connectivity index (χ2v) is 9.82. The topological polar surface area (TPSA) is 102 Å². The number of nitrogens with one attached hydrogen (secondary N) is 1. The Labute approximate surface area is 205 Å². The highest BCUT2D eigenvalue weighted by Gasteiger charge is 2.36. The third kappa shape index (κ3) is 4.90. The van der Waals surface area contributed by atoms with Crippen molar-refractivity contribution in [3.8, 4) is 6.07 Å². The molecule has 1 saturated carbocycles. The monoisotopic (exact) mass is 469 g/mol. The number of rotatable bonds is 5. The van der Waals surface area contributed by atoms with Crippen LogP contribution in [0.15, 0.2) is 54.9 Å². The molecule has 0 bridgehead atoms. The summed E-state index contributed by atoms with van der Waals surface area (Å²) in [5, 5.41) is 24.3. The van der Waals surface area contributed by atoms with Crippen molar-refractivity contribution in [2.45, 2.75) is 62.6 Å². The first-order chi connectivity index (χ1) is 17.1. The molecule has 1 saturated heterocycles. The lowest BCUT2D eigenvalue weighted by Gasteiger charge is -2.37. The van der Waals surface area contributed by atoms with Gasteiger partial charge in [0.1, 0.15) is 5.69 Å². The van der Waals surface area contributed by atoms with Crippen LogP contribution in [0.2, 0.25) is 0 Å². The van der Waals surface area contributed by atoms with Gasteiger partial charge in [-0.3, -0.25) is 14.7 Å². The summed E-state index contributed by atoms with van der Waals surface area (Å²) >= 11 is 0. The van der Waals surface area contributed by atoms with Gasteiger partial charge in [-0.25, -0.2) is 4.98 Å². The summed E-state index contributed by atoms with van der Waals surface area (Å²) in [6.07, 6.45) is 8.03. The molecule has 1 aliphatic carbocycles. The predicted molar refractivity (Wildman–Crippen MR) is 134 cm³/mol. The van der Waals surface area contributed by atoms with Crippen molar-refractivity contribution in [1.29, 1.82) is 5.26 Å². The van der Waals surface area contributed by atoms with Gasteiger partial charge in [-0.05, 0) is 61.1 Å². The summed E-state index contributed by atoms with van der Waals surface area (Å²) in [6, 6.07) is 16.1. The van der Waals surface area contributed by atoms with Crippen LogP contribution >= 0.6 is 0 Å². The number of fused-ring (bicyclic) bond motifs is 1. The standard InChI is InChI=1S/C28H31N5O2/c29-19-28(21-9-13-30-14-10-21)11-15-33(16-12-28)18-20-17-25(31-23-6-2-1-5-22(20)23)27(35)32-24-7-3-4-8-26(24)34/h1-2,5-6,9-10,13-14,17,24,26,34H,3-4,7-8,11-12,15-16,18H2,(H,32,35). The van der Waals surface area contributed by atoms with Crippen LogP contribution in [-0.2, 0) is 12.0 Å². The molecule has 2 N–H and O–H groups in total. The lowest BCUT2D eigenvalue weighted by molar-refractivity contribution is 0.0714. The van der Waals surface area contributed by atoms with Crippen molar-refractivity contribution >= 4 is 16.8 Å². The molecule has 3 heterocycles. The Morgan fingerprint density at radius 2 is 1.89 bits per heavy atom. The minimum atomic E-state index is -0.498. The van der Waals surface area contributed by atoms with Gasteiger partial charge in [0.2, 0.25) is 0 Å². The first-order valence-corrected chi connectivity index (χ1v) is 12.5. The Balaban J connectivity index is 1.35. The van der Waals surface area contributed by atoms with E-state index in [1.54, 1.807) is 12.4 Å². The molecule has 35 heavy (non-hydrogen) atoms. The number of nitriles is 1. The highest BCUT2D eigenvalue weighted by molar-refractivity contribution is 5.96. The minimum absolute atomic E-state index is 0.220. The molecule has 180 valence electrons. The summed E-state index contributed by atoms with van der Waals surface area (Å²) < 4.78 is 0. The number of amides is 1. The summed E-state index contributed by atoms with van der Waals surface area (Å²) in [7, 11) is 0. The van der Waals surface area contributed by atoms with Crippen LogP contribution in [0.4, 0.5) is 0 Å². The molecular formula is C28H31N5O2. The molecule has 3 aromatic rings. The zero-order valence-corrected chi connectivity index (χ0v) is 19.9. The highest BCUT2D eigenvalue weighted by atomic mass is 16.3. The van der Waals surface area contributed by atoms with E-state index < -0.39 is 11.5 Å². The van der Waals surface area contributed by atoms with Crippen molar-refractivity contribution in [2.24, 2.45) is 0 Å². The van der Waals surface area contributed by atoms with Gasteiger partial charge in [-0.15, -0.1) is 0 Å². The van der Waals surface area contributed by atoms with Gasteiger partial charge in [-0.1, -0.05) is 31.0 Å². The Morgan fingerprint density at radius 1 is 1.14 bits per heavy atom. The predicted octanol–water partition coefficient (Wildman–Crippen LogP) is 3.72. The number of hydrogen-bond donors (Lipinski definition) is 2. The molecule has 0 radical (unpaired) electrons. The first kappa shape index (κ1) is 23.4. The fraction of sp³-hybridized carbons (Fsp3) is 0.429. The third-order valence-corrected chi connectivity index (χ3v) is 7.63. The number of para-hydroxylation sites is 1. The van der Waals surface area contributed by atoms with Crippen LogP contribution in [0, 0.1) is 11.3 Å². The molecule has 1 amide bonds. The molecule has 0 spiro atoms. The Hall–Kier alpha value is -3.34. The van der Waals surface area contributed by atoms with E-state index in [1.807, 2.05) is 42.5 Å². The van der Waals surface area contributed by atoms with Gasteiger partial charge in [0, 0.05) is 37.4 Å². The average Bonchev–Trinajstić information content (AvgIpc) is 2.91. The van der Waals surface area contributed by atoms with Crippen LogP contribution in [0.1, 0.15) is 60.1 Å². The van der Waals surface area contributed by atoms with E-state index >= 15 is 0 Å². The van der Waals surface area contributed by atoms with Gasteiger partial charge >= 0.3 is 0 Å². The van der Waals surface area contributed by atoms with Gasteiger partial charge < -0.3 is 10.4 Å². The lowest BCUT2D eigenvalue weighted by atomic mass is 9.74. The Kier molecular flexibility index (Phi) is 6.76. The number of hydrogen-bond acceptors (Lipinski definition) is 6. The van der Waals surface area contributed by atoms with E-state index in [0.29, 0.717) is 12.2 Å². The quantitative estimate of drug-likeness (QED) is 0.591. The average molecular weight is 470 g/mol. The number of carbonyl (C=O) groups is 1. The lowest BCUT2D eigenvalue weighted by Crippen LogP contribution is -2.45. The van der Waals surface area contributed by atoms with Crippen LogP contribution in [0.3, 0.4) is 0 Å². The molecule has 2 aliphatic rings. The Bertz CT molecular complexity index is 1230. The van der Waals surface area contributed by atoms with Gasteiger partial charge in [0.15, 0.2) is 0 Å². The molecule has 1 aliphatic heterocycles. The molecule has 7 nitrogen and oxygen atoms in total. The zero-order valence-electron chi connectivity index (χ0n) is 19.9. The second kappa shape index (κ2) is 10.1. The molecule has 2 atom stereocenters. The molecule has 2 aromatic heterocycles. The van der Waals surface area contributed by atoms with Gasteiger partial charge in [0.25, 0.3) is 5.91 Å². The van der Waals surface area contributed by atoms with Gasteiger partial charge in [0.05, 0.1) is 29.1 Å². The molecule has 2 fully saturated rings. The number of pyridine rings is 2. The molecular weight excluding hydrogens is 438 g/mol. The Morgan fingerprint density at radius 3 is 2.63 bits per heavy atom. The number of benzene rings is 1. The maximum atomic E-state index is 13.1. The van der Waals surface area contributed by atoms with Crippen molar-refractivity contribution in [3.63, 3.8) is 0 Å². The van der Waals surface area contributed by atoms with E-state index in [-0.39, 0.29) is 11.9 Å². The number of aromatic nitrogens is 2. The summed E-state index contributed by atoms with van der Waals surface area (Å²) in [5.41, 5.74) is 2.79. The molecule has 7 heteroatoms. The maximum absolute atomic E-state index is 13.1. The van der Waals surface area contributed by atoms with Crippen molar-refractivity contribution in [1.82, 2.24) is 20.2 Å². The van der Waals surface area contributed by atoms with E-state index in [9.17, 15) is 15.2 Å². The van der Waals surface area contributed by atoms with Crippen molar-refractivity contribution in [3.05, 3.63) is 71.7 Å². The van der Waals surface area contributed by atoms with Crippen molar-refractivity contribution < 1.29 is 9.90 Å².